The maximum atomic E-state index is 9.12. The summed E-state index contributed by atoms with van der Waals surface area (Å²) < 4.78 is 0. The molecule has 0 saturated heterocycles. The van der Waals surface area contributed by atoms with E-state index in [0.717, 1.165) is 6.42 Å². The second-order valence-corrected chi connectivity index (χ2v) is 2.74. The molecule has 4 heteroatoms. The van der Waals surface area contributed by atoms with Crippen molar-refractivity contribution in [1.29, 1.82) is 0 Å². The van der Waals surface area contributed by atoms with Crippen LogP contribution in [0, 0.1) is 5.92 Å². The molecule has 0 aromatic rings. The second kappa shape index (κ2) is 4.13. The Morgan fingerprint density at radius 1 is 1.40 bits per heavy atom. The van der Waals surface area contributed by atoms with Gasteiger partial charge in [-0.2, -0.15) is 0 Å². The van der Waals surface area contributed by atoms with Crippen LogP contribution in [0.2, 0.25) is 0 Å². The van der Waals surface area contributed by atoms with E-state index >= 15 is 0 Å². The van der Waals surface area contributed by atoms with Crippen molar-refractivity contribution in [1.82, 2.24) is 0 Å². The smallest absolute Gasteiger partial charge is 0.0605 e. The maximum absolute atomic E-state index is 9.12. The minimum atomic E-state index is -0.370. The topological polar surface area (TPSA) is 66.5 Å². The third kappa shape index (κ3) is 2.09. The van der Waals surface area contributed by atoms with Gasteiger partial charge in [0.15, 0.2) is 0 Å². The van der Waals surface area contributed by atoms with Gasteiger partial charge in [-0.05, 0) is 12.8 Å². The summed E-state index contributed by atoms with van der Waals surface area (Å²) in [5.74, 6) is 0.0278. The zero-order chi connectivity index (χ0) is 6.85. The van der Waals surface area contributed by atoms with Crippen molar-refractivity contribution in [2.24, 2.45) is 11.7 Å². The highest BCUT2D eigenvalue weighted by atomic mass is 35.5. The molecule has 0 amide bonds. The van der Waals surface area contributed by atoms with Gasteiger partial charge in [0, 0.05) is 18.6 Å². The van der Waals surface area contributed by atoms with Crippen molar-refractivity contribution >= 4 is 12.4 Å². The standard InChI is InChI=1S/C6H13NO2.ClH/c7-5-1-4(3-8)6(9)2-5;/h4-6,8-9H,1-3,7H2;1H/t4-,5+,6-;/m0./s1. The van der Waals surface area contributed by atoms with E-state index in [-0.39, 0.29) is 37.1 Å². The zero-order valence-corrected chi connectivity index (χ0v) is 6.55. The molecule has 1 aliphatic rings. The molecule has 0 radical (unpaired) electrons. The van der Waals surface area contributed by atoms with Crippen LogP contribution in [0.15, 0.2) is 0 Å². The largest absolute Gasteiger partial charge is 0.396 e. The molecular formula is C6H14ClNO2. The Morgan fingerprint density at radius 3 is 2.20 bits per heavy atom. The van der Waals surface area contributed by atoms with Gasteiger partial charge < -0.3 is 15.9 Å². The van der Waals surface area contributed by atoms with Crippen LogP contribution in [-0.4, -0.2) is 29.0 Å². The molecule has 0 aromatic heterocycles. The summed E-state index contributed by atoms with van der Waals surface area (Å²) in [6, 6.07) is 0.0946. The lowest BCUT2D eigenvalue weighted by Gasteiger charge is -2.08. The molecular weight excluding hydrogens is 154 g/mol. The van der Waals surface area contributed by atoms with Crippen LogP contribution in [0.25, 0.3) is 0 Å². The molecule has 0 unspecified atom stereocenters. The van der Waals surface area contributed by atoms with Crippen molar-refractivity contribution in [3.8, 4) is 0 Å². The second-order valence-electron chi connectivity index (χ2n) is 2.74. The maximum Gasteiger partial charge on any atom is 0.0605 e. The molecule has 0 heterocycles. The molecule has 1 rings (SSSR count). The van der Waals surface area contributed by atoms with Gasteiger partial charge in [-0.15, -0.1) is 12.4 Å². The first-order valence-corrected chi connectivity index (χ1v) is 3.28. The SMILES string of the molecule is Cl.N[C@@H]1C[C@@H](CO)[C@@H](O)C1. The van der Waals surface area contributed by atoms with Crippen LogP contribution in [0.1, 0.15) is 12.8 Å². The molecule has 62 valence electrons. The molecule has 0 bridgehead atoms. The van der Waals surface area contributed by atoms with Crippen molar-refractivity contribution in [2.45, 2.75) is 25.0 Å². The summed E-state index contributed by atoms with van der Waals surface area (Å²) in [5, 5.41) is 17.8. The van der Waals surface area contributed by atoms with Gasteiger partial charge in [-0.3, -0.25) is 0 Å². The fourth-order valence-electron chi connectivity index (χ4n) is 1.34. The number of hydrogen-bond acceptors (Lipinski definition) is 3. The summed E-state index contributed by atoms with van der Waals surface area (Å²) in [6.07, 6.45) is 1.04. The Bertz CT molecular complexity index is 102. The number of hydrogen-bond donors (Lipinski definition) is 3. The average Bonchev–Trinajstić information content (AvgIpc) is 2.10. The van der Waals surface area contributed by atoms with E-state index < -0.39 is 0 Å². The summed E-state index contributed by atoms with van der Waals surface area (Å²) in [7, 11) is 0. The molecule has 3 atom stereocenters. The van der Waals surface area contributed by atoms with Gasteiger partial charge in [0.05, 0.1) is 6.10 Å². The van der Waals surface area contributed by atoms with E-state index in [1.54, 1.807) is 0 Å². The third-order valence-electron chi connectivity index (χ3n) is 1.93. The predicted octanol–water partition coefficient (Wildman–Crippen LogP) is -0.501. The van der Waals surface area contributed by atoms with Crippen LogP contribution in [-0.2, 0) is 0 Å². The lowest BCUT2D eigenvalue weighted by molar-refractivity contribution is 0.0908. The van der Waals surface area contributed by atoms with Gasteiger partial charge in [-0.25, -0.2) is 0 Å². The molecule has 0 aromatic carbocycles. The predicted molar refractivity (Wildman–Crippen MR) is 41.0 cm³/mol. The Morgan fingerprint density at radius 2 is 2.00 bits per heavy atom. The summed E-state index contributed by atoms with van der Waals surface area (Å²) in [5.41, 5.74) is 5.52. The number of nitrogens with two attached hydrogens (primary N) is 1. The highest BCUT2D eigenvalue weighted by Gasteiger charge is 2.29. The first-order valence-electron chi connectivity index (χ1n) is 3.28. The fraction of sp³-hybridized carbons (Fsp3) is 1.00. The molecule has 1 aliphatic carbocycles. The van der Waals surface area contributed by atoms with Crippen LogP contribution in [0.5, 0.6) is 0 Å². The molecule has 4 N–H and O–H groups in total. The Balaban J connectivity index is 0.000000810. The minimum absolute atomic E-state index is 0. The van der Waals surface area contributed by atoms with Gasteiger partial charge in [-0.1, -0.05) is 0 Å². The summed E-state index contributed by atoms with van der Waals surface area (Å²) in [4.78, 5) is 0. The van der Waals surface area contributed by atoms with E-state index in [1.165, 1.54) is 0 Å². The van der Waals surface area contributed by atoms with E-state index in [2.05, 4.69) is 0 Å². The summed E-state index contributed by atoms with van der Waals surface area (Å²) >= 11 is 0. The van der Waals surface area contributed by atoms with E-state index in [0.29, 0.717) is 6.42 Å². The molecule has 3 nitrogen and oxygen atoms in total. The van der Waals surface area contributed by atoms with Crippen molar-refractivity contribution in [3.05, 3.63) is 0 Å². The number of rotatable bonds is 1. The molecule has 1 saturated carbocycles. The van der Waals surface area contributed by atoms with E-state index in [9.17, 15) is 0 Å². The highest BCUT2D eigenvalue weighted by Crippen LogP contribution is 2.23. The molecule has 0 aliphatic heterocycles. The van der Waals surface area contributed by atoms with E-state index in [1.807, 2.05) is 0 Å². The quantitative estimate of drug-likeness (QED) is 0.493. The Labute approximate surface area is 66.6 Å². The van der Waals surface area contributed by atoms with Crippen LogP contribution >= 0.6 is 12.4 Å². The highest BCUT2D eigenvalue weighted by molar-refractivity contribution is 5.85. The fourth-order valence-corrected chi connectivity index (χ4v) is 1.34. The molecule has 0 spiro atoms. The van der Waals surface area contributed by atoms with Gasteiger partial charge in [0.1, 0.15) is 0 Å². The number of aliphatic hydroxyl groups excluding tert-OH is 2. The first-order chi connectivity index (χ1) is 4.24. The van der Waals surface area contributed by atoms with E-state index in [4.69, 9.17) is 15.9 Å². The lowest BCUT2D eigenvalue weighted by Crippen LogP contribution is -2.16. The molecule has 10 heavy (non-hydrogen) atoms. The Hall–Kier alpha value is 0.170. The Kier molecular flexibility index (Phi) is 4.20. The molecule has 1 fully saturated rings. The van der Waals surface area contributed by atoms with Gasteiger partial charge in [0.2, 0.25) is 0 Å². The minimum Gasteiger partial charge on any atom is -0.396 e. The van der Waals surface area contributed by atoms with Crippen LogP contribution < -0.4 is 5.73 Å². The average molecular weight is 168 g/mol. The third-order valence-corrected chi connectivity index (χ3v) is 1.93. The first kappa shape index (κ1) is 10.2. The van der Waals surface area contributed by atoms with Crippen molar-refractivity contribution in [3.63, 3.8) is 0 Å². The van der Waals surface area contributed by atoms with Gasteiger partial charge >= 0.3 is 0 Å². The lowest BCUT2D eigenvalue weighted by atomic mass is 10.1. The number of aliphatic hydroxyl groups is 2. The van der Waals surface area contributed by atoms with Crippen LogP contribution in [0.4, 0.5) is 0 Å². The number of halogens is 1. The monoisotopic (exact) mass is 167 g/mol. The van der Waals surface area contributed by atoms with Gasteiger partial charge in [0.25, 0.3) is 0 Å². The normalized spacial score (nSPS) is 39.3. The van der Waals surface area contributed by atoms with Crippen molar-refractivity contribution < 1.29 is 10.2 Å². The van der Waals surface area contributed by atoms with Crippen LogP contribution in [0.3, 0.4) is 0 Å². The van der Waals surface area contributed by atoms with Crippen molar-refractivity contribution in [2.75, 3.05) is 6.61 Å². The summed E-state index contributed by atoms with van der Waals surface area (Å²) in [6.45, 7) is 0.0644. The zero-order valence-electron chi connectivity index (χ0n) is 5.73.